The molecule has 1 aromatic heterocycles. The monoisotopic (exact) mass is 569 g/mol. The van der Waals surface area contributed by atoms with Crippen LogP contribution in [-0.2, 0) is 11.0 Å². The molecule has 1 atom stereocenters. The highest BCUT2D eigenvalue weighted by Crippen LogP contribution is 2.35. The Bertz CT molecular complexity index is 1230. The van der Waals surface area contributed by atoms with Gasteiger partial charge < -0.3 is 20.4 Å². The number of nitrogens with zero attached hydrogens (tertiary/aromatic N) is 5. The quantitative estimate of drug-likeness (QED) is 0.535. The molecule has 220 valence electrons. The van der Waals surface area contributed by atoms with Crippen LogP contribution in [0.3, 0.4) is 0 Å². The van der Waals surface area contributed by atoms with E-state index in [9.17, 15) is 18.0 Å². The zero-order valence-corrected chi connectivity index (χ0v) is 23.5. The summed E-state index contributed by atoms with van der Waals surface area (Å²) >= 11 is 0. The van der Waals surface area contributed by atoms with Crippen molar-refractivity contribution in [1.29, 1.82) is 5.26 Å². The Kier molecular flexibility index (Phi) is 9.00. The third-order valence-electron chi connectivity index (χ3n) is 8.77. The van der Waals surface area contributed by atoms with Crippen molar-refractivity contribution in [2.24, 2.45) is 11.8 Å². The third kappa shape index (κ3) is 7.11. The SMILES string of the molecule is C[C@@H]1CNCCN1CC1CCN(c2ccc(NC(=O)C3CCN(c4ccc(C#N)c(C(F)(F)F)c4)CC3)nc2)CC1. The van der Waals surface area contributed by atoms with Gasteiger partial charge in [0.25, 0.3) is 0 Å². The van der Waals surface area contributed by atoms with Gasteiger partial charge in [-0.1, -0.05) is 0 Å². The van der Waals surface area contributed by atoms with Crippen LogP contribution in [-0.4, -0.2) is 74.2 Å². The second-order valence-electron chi connectivity index (χ2n) is 11.5. The predicted octanol–water partition coefficient (Wildman–Crippen LogP) is 4.34. The number of amides is 1. The number of benzene rings is 1. The lowest BCUT2D eigenvalue weighted by atomic mass is 9.95. The minimum absolute atomic E-state index is 0.122. The van der Waals surface area contributed by atoms with Crippen molar-refractivity contribution >= 4 is 23.1 Å². The molecule has 2 N–H and O–H groups in total. The molecular formula is C30H38F3N7O. The van der Waals surface area contributed by atoms with E-state index in [1.165, 1.54) is 18.7 Å². The molecule has 3 saturated heterocycles. The number of nitrogens with one attached hydrogen (secondary N) is 2. The molecule has 11 heteroatoms. The highest BCUT2D eigenvalue weighted by Gasteiger charge is 2.35. The van der Waals surface area contributed by atoms with Gasteiger partial charge in [0.05, 0.1) is 29.1 Å². The van der Waals surface area contributed by atoms with Crippen molar-refractivity contribution in [3.8, 4) is 6.07 Å². The maximum Gasteiger partial charge on any atom is 0.417 e. The van der Waals surface area contributed by atoms with Gasteiger partial charge in [-0.05, 0) is 68.9 Å². The van der Waals surface area contributed by atoms with Crippen molar-refractivity contribution in [3.63, 3.8) is 0 Å². The summed E-state index contributed by atoms with van der Waals surface area (Å²) in [6, 6.07) is 9.83. The average molecular weight is 570 g/mol. The number of rotatable bonds is 6. The lowest BCUT2D eigenvalue weighted by Gasteiger charge is -2.39. The normalized spacial score (nSPS) is 21.5. The third-order valence-corrected chi connectivity index (χ3v) is 8.77. The van der Waals surface area contributed by atoms with E-state index < -0.39 is 11.7 Å². The molecule has 4 heterocycles. The minimum Gasteiger partial charge on any atom is -0.371 e. The number of hydrogen-bond donors (Lipinski definition) is 2. The zero-order chi connectivity index (χ0) is 29.0. The molecule has 1 amide bonds. The van der Waals surface area contributed by atoms with Gasteiger partial charge in [0.1, 0.15) is 5.82 Å². The molecule has 3 aliphatic rings. The number of carbonyl (C=O) groups is 1. The fourth-order valence-corrected chi connectivity index (χ4v) is 6.20. The standard InChI is InChI=1S/C30H38F3N7O/c1-21-18-35-10-15-40(21)20-22-6-11-39(12-7-22)26-4-5-28(36-19-26)37-29(41)23-8-13-38(14-9-23)25-3-2-24(17-34)27(16-25)30(31,32)33/h2-5,16,19,21-23,35H,6-15,18,20H2,1H3,(H,36,37,41)/t21-/m1/s1. The van der Waals surface area contributed by atoms with E-state index >= 15 is 0 Å². The van der Waals surface area contributed by atoms with Crippen LogP contribution in [0.5, 0.6) is 0 Å². The van der Waals surface area contributed by atoms with Gasteiger partial charge in [-0.25, -0.2) is 4.98 Å². The van der Waals surface area contributed by atoms with Crippen molar-refractivity contribution < 1.29 is 18.0 Å². The summed E-state index contributed by atoms with van der Waals surface area (Å²) < 4.78 is 40.1. The number of nitriles is 1. The van der Waals surface area contributed by atoms with Crippen LogP contribution in [0, 0.1) is 23.2 Å². The number of piperidine rings is 2. The second-order valence-corrected chi connectivity index (χ2v) is 11.5. The maximum atomic E-state index is 13.4. The van der Waals surface area contributed by atoms with Crippen molar-refractivity contribution in [2.75, 3.05) is 67.5 Å². The second kappa shape index (κ2) is 12.7. The molecule has 41 heavy (non-hydrogen) atoms. The van der Waals surface area contributed by atoms with E-state index in [2.05, 4.69) is 32.3 Å². The van der Waals surface area contributed by atoms with Crippen LogP contribution in [0.4, 0.5) is 30.4 Å². The number of anilines is 3. The molecule has 0 unspecified atom stereocenters. The number of carbonyl (C=O) groups excluding carboxylic acids is 1. The van der Waals surface area contributed by atoms with Crippen LogP contribution in [0.15, 0.2) is 36.5 Å². The first-order valence-electron chi connectivity index (χ1n) is 14.5. The topological polar surface area (TPSA) is 87.5 Å². The van der Waals surface area contributed by atoms with E-state index in [0.29, 0.717) is 49.4 Å². The summed E-state index contributed by atoms with van der Waals surface area (Å²) in [5.74, 6) is 0.855. The van der Waals surface area contributed by atoms with E-state index in [-0.39, 0.29) is 17.4 Å². The van der Waals surface area contributed by atoms with Gasteiger partial charge in [-0.3, -0.25) is 9.69 Å². The molecule has 3 aliphatic heterocycles. The molecular weight excluding hydrogens is 531 g/mol. The lowest BCUT2D eigenvalue weighted by molar-refractivity contribution is -0.137. The van der Waals surface area contributed by atoms with E-state index in [1.807, 2.05) is 23.2 Å². The zero-order valence-electron chi connectivity index (χ0n) is 23.5. The van der Waals surface area contributed by atoms with Crippen LogP contribution < -0.4 is 20.4 Å². The predicted molar refractivity (Wildman–Crippen MR) is 153 cm³/mol. The minimum atomic E-state index is -4.60. The smallest absolute Gasteiger partial charge is 0.371 e. The Morgan fingerprint density at radius 1 is 1.05 bits per heavy atom. The average Bonchev–Trinajstić information content (AvgIpc) is 2.98. The van der Waals surface area contributed by atoms with Gasteiger partial charge in [0, 0.05) is 70.0 Å². The Morgan fingerprint density at radius 3 is 2.37 bits per heavy atom. The lowest BCUT2D eigenvalue weighted by Crippen LogP contribution is -2.52. The Hall–Kier alpha value is -3.36. The summed E-state index contributed by atoms with van der Waals surface area (Å²) in [5.41, 5.74) is 0.154. The van der Waals surface area contributed by atoms with Gasteiger partial charge in [0.15, 0.2) is 0 Å². The fourth-order valence-electron chi connectivity index (χ4n) is 6.20. The first-order chi connectivity index (χ1) is 19.7. The number of aromatic nitrogens is 1. The Morgan fingerprint density at radius 2 is 1.73 bits per heavy atom. The Labute approximate surface area is 239 Å². The molecule has 5 rings (SSSR count). The molecule has 0 saturated carbocycles. The van der Waals surface area contributed by atoms with Gasteiger partial charge in [-0.2, -0.15) is 18.4 Å². The molecule has 8 nitrogen and oxygen atoms in total. The summed E-state index contributed by atoms with van der Waals surface area (Å²) in [5, 5.41) is 15.4. The van der Waals surface area contributed by atoms with E-state index in [0.717, 1.165) is 57.3 Å². The van der Waals surface area contributed by atoms with Crippen LogP contribution in [0.25, 0.3) is 0 Å². The first kappa shape index (κ1) is 29.1. The molecule has 0 aliphatic carbocycles. The number of alkyl halides is 3. The van der Waals surface area contributed by atoms with Crippen molar-refractivity contribution in [2.45, 2.75) is 44.8 Å². The molecule has 2 aromatic rings. The summed E-state index contributed by atoms with van der Waals surface area (Å²) in [7, 11) is 0. The largest absolute Gasteiger partial charge is 0.417 e. The van der Waals surface area contributed by atoms with Crippen molar-refractivity contribution in [3.05, 3.63) is 47.7 Å². The van der Waals surface area contributed by atoms with Gasteiger partial charge >= 0.3 is 6.18 Å². The van der Waals surface area contributed by atoms with Crippen molar-refractivity contribution in [1.82, 2.24) is 15.2 Å². The van der Waals surface area contributed by atoms with E-state index in [4.69, 9.17) is 5.26 Å². The molecule has 0 bridgehead atoms. The number of pyridine rings is 1. The molecule has 3 fully saturated rings. The fraction of sp³-hybridized carbons (Fsp3) is 0.567. The number of halogens is 3. The van der Waals surface area contributed by atoms with Crippen LogP contribution in [0.2, 0.25) is 0 Å². The molecule has 0 radical (unpaired) electrons. The first-order valence-corrected chi connectivity index (χ1v) is 14.5. The number of hydrogen-bond acceptors (Lipinski definition) is 7. The highest BCUT2D eigenvalue weighted by atomic mass is 19.4. The summed E-state index contributed by atoms with van der Waals surface area (Å²) in [6.45, 7) is 9.64. The Balaban J connectivity index is 1.08. The van der Waals surface area contributed by atoms with Gasteiger partial charge in [0.2, 0.25) is 5.91 Å². The maximum absolute atomic E-state index is 13.4. The van der Waals surface area contributed by atoms with Crippen LogP contribution >= 0.6 is 0 Å². The highest BCUT2D eigenvalue weighted by molar-refractivity contribution is 5.92. The van der Waals surface area contributed by atoms with E-state index in [1.54, 1.807) is 6.07 Å². The summed E-state index contributed by atoms with van der Waals surface area (Å²) in [4.78, 5) is 24.2. The molecule has 0 spiro atoms. The van der Waals surface area contributed by atoms with Gasteiger partial charge in [-0.15, -0.1) is 0 Å². The molecule has 1 aromatic carbocycles. The number of piperazine rings is 1. The van der Waals surface area contributed by atoms with Crippen LogP contribution in [0.1, 0.15) is 43.7 Å². The summed E-state index contributed by atoms with van der Waals surface area (Å²) in [6.07, 6.45) is 0.587.